The van der Waals surface area contributed by atoms with Gasteiger partial charge in [0, 0.05) is 30.4 Å². The Labute approximate surface area is 143 Å². The number of aromatic hydroxyl groups is 1. The molecule has 3 aromatic rings. The minimum Gasteiger partial charge on any atom is -0.506 e. The fourth-order valence-electron chi connectivity index (χ4n) is 3.50. The van der Waals surface area contributed by atoms with E-state index in [2.05, 4.69) is 10.3 Å². The number of nitrogens with one attached hydrogen (secondary N) is 1. The number of amides is 1. The summed E-state index contributed by atoms with van der Waals surface area (Å²) in [4.78, 5) is 29.4. The molecule has 0 fully saturated rings. The molecule has 6 nitrogen and oxygen atoms in total. The van der Waals surface area contributed by atoms with Crippen molar-refractivity contribution in [1.29, 1.82) is 0 Å². The molecule has 6 heteroatoms. The van der Waals surface area contributed by atoms with E-state index in [1.807, 2.05) is 25.1 Å². The molecule has 0 spiro atoms. The van der Waals surface area contributed by atoms with Crippen molar-refractivity contribution in [1.82, 2.24) is 14.9 Å². The number of rotatable bonds is 3. The number of aromatic nitrogens is 2. The molecule has 0 aliphatic carbocycles. The Hall–Kier alpha value is -3.15. The molecule has 0 saturated heterocycles. The second-order valence-electron chi connectivity index (χ2n) is 6.31. The Morgan fingerprint density at radius 1 is 1.36 bits per heavy atom. The van der Waals surface area contributed by atoms with Crippen LogP contribution in [0.5, 0.6) is 5.75 Å². The van der Waals surface area contributed by atoms with Crippen LogP contribution in [0, 0.1) is 0 Å². The van der Waals surface area contributed by atoms with Crippen LogP contribution in [0.3, 0.4) is 0 Å². The molecule has 0 saturated carbocycles. The molecule has 0 radical (unpaired) electrons. The first-order valence-electron chi connectivity index (χ1n) is 8.14. The van der Waals surface area contributed by atoms with Crippen molar-refractivity contribution in [3.63, 3.8) is 0 Å². The largest absolute Gasteiger partial charge is 0.506 e. The van der Waals surface area contributed by atoms with Gasteiger partial charge in [-0.15, -0.1) is 0 Å². The summed E-state index contributed by atoms with van der Waals surface area (Å²) < 4.78 is 1.61. The first-order valence-corrected chi connectivity index (χ1v) is 8.14. The minimum absolute atomic E-state index is 0.0436. The quantitative estimate of drug-likeness (QED) is 0.768. The van der Waals surface area contributed by atoms with Gasteiger partial charge in [0.15, 0.2) is 0 Å². The van der Waals surface area contributed by atoms with Gasteiger partial charge in [-0.1, -0.05) is 18.2 Å². The van der Waals surface area contributed by atoms with E-state index in [0.717, 1.165) is 16.6 Å². The van der Waals surface area contributed by atoms with Crippen molar-refractivity contribution in [2.24, 2.45) is 0 Å². The van der Waals surface area contributed by atoms with Crippen molar-refractivity contribution in [3.05, 3.63) is 69.8 Å². The third-order valence-electron chi connectivity index (χ3n) is 4.64. The van der Waals surface area contributed by atoms with Crippen molar-refractivity contribution >= 4 is 16.8 Å². The Morgan fingerprint density at radius 2 is 2.20 bits per heavy atom. The molecular formula is C19H17N3O3. The lowest BCUT2D eigenvalue weighted by Crippen LogP contribution is -2.33. The Kier molecular flexibility index (Phi) is 3.53. The molecule has 1 aromatic carbocycles. The monoisotopic (exact) mass is 335 g/mol. The molecule has 2 aromatic heterocycles. The summed E-state index contributed by atoms with van der Waals surface area (Å²) >= 11 is 0. The highest BCUT2D eigenvalue weighted by Gasteiger charge is 2.29. The van der Waals surface area contributed by atoms with E-state index in [1.165, 1.54) is 0 Å². The summed E-state index contributed by atoms with van der Waals surface area (Å²) in [5.41, 5.74) is 1.89. The maximum absolute atomic E-state index is 12.9. The van der Waals surface area contributed by atoms with E-state index >= 15 is 0 Å². The third-order valence-corrected chi connectivity index (χ3v) is 4.64. The van der Waals surface area contributed by atoms with Gasteiger partial charge in [0.1, 0.15) is 11.3 Å². The van der Waals surface area contributed by atoms with Gasteiger partial charge in [0.2, 0.25) is 0 Å². The Balaban J connectivity index is 1.78. The van der Waals surface area contributed by atoms with Gasteiger partial charge in [-0.05, 0) is 36.6 Å². The molecule has 0 bridgehead atoms. The number of hydrogen-bond donors (Lipinski definition) is 2. The standard InChI is InChI=1S/C19H17N3O3/c1-11-8-13-5-2-6-14-16(13)22(11)19(25)15(17(14)23)18(24)21-10-12-4-3-7-20-9-12/h2-7,9,11,23H,8,10H2,1H3,(H,21,24). The minimum atomic E-state index is -0.582. The molecule has 1 amide bonds. The lowest BCUT2D eigenvalue weighted by molar-refractivity contribution is 0.0946. The fourth-order valence-corrected chi connectivity index (χ4v) is 3.50. The third kappa shape index (κ3) is 2.38. The number of hydrogen-bond acceptors (Lipinski definition) is 4. The van der Waals surface area contributed by atoms with Crippen LogP contribution in [0.4, 0.5) is 0 Å². The molecule has 3 heterocycles. The van der Waals surface area contributed by atoms with Crippen LogP contribution in [0.1, 0.15) is 34.5 Å². The SMILES string of the molecule is CC1Cc2cccc3c(O)c(C(=O)NCc4cccnc4)c(=O)n1c23. The van der Waals surface area contributed by atoms with E-state index in [0.29, 0.717) is 11.8 Å². The van der Waals surface area contributed by atoms with Crippen LogP contribution in [-0.2, 0) is 13.0 Å². The molecule has 1 atom stereocenters. The number of nitrogens with zero attached hydrogens (tertiary/aromatic N) is 2. The molecule has 25 heavy (non-hydrogen) atoms. The second kappa shape index (κ2) is 5.73. The number of pyridine rings is 2. The first-order chi connectivity index (χ1) is 12.1. The smallest absolute Gasteiger partial charge is 0.267 e. The van der Waals surface area contributed by atoms with Crippen LogP contribution in [-0.4, -0.2) is 20.6 Å². The van der Waals surface area contributed by atoms with Crippen molar-refractivity contribution in [3.8, 4) is 5.75 Å². The number of para-hydroxylation sites is 1. The van der Waals surface area contributed by atoms with Gasteiger partial charge in [-0.3, -0.25) is 14.6 Å². The average molecular weight is 335 g/mol. The summed E-state index contributed by atoms with van der Waals surface area (Å²) in [6, 6.07) is 9.07. The molecule has 2 N–H and O–H groups in total. The van der Waals surface area contributed by atoms with Gasteiger partial charge >= 0.3 is 0 Å². The van der Waals surface area contributed by atoms with Crippen LogP contribution >= 0.6 is 0 Å². The number of carbonyl (C=O) groups excluding carboxylic acids is 1. The maximum atomic E-state index is 12.9. The van der Waals surface area contributed by atoms with Gasteiger partial charge in [0.25, 0.3) is 11.5 Å². The first kappa shape index (κ1) is 15.4. The summed E-state index contributed by atoms with van der Waals surface area (Å²) in [7, 11) is 0. The van der Waals surface area contributed by atoms with E-state index in [1.54, 1.807) is 29.1 Å². The zero-order valence-electron chi connectivity index (χ0n) is 13.7. The van der Waals surface area contributed by atoms with Crippen LogP contribution < -0.4 is 10.9 Å². The Morgan fingerprint density at radius 3 is 2.96 bits per heavy atom. The van der Waals surface area contributed by atoms with Crippen molar-refractivity contribution in [2.75, 3.05) is 0 Å². The van der Waals surface area contributed by atoms with Crippen LogP contribution in [0.15, 0.2) is 47.5 Å². The van der Waals surface area contributed by atoms with E-state index < -0.39 is 11.5 Å². The predicted molar refractivity (Wildman–Crippen MR) is 93.7 cm³/mol. The predicted octanol–water partition coefficient (Wildman–Crippen LogP) is 2.15. The zero-order chi connectivity index (χ0) is 17.6. The number of benzene rings is 1. The molecule has 4 rings (SSSR count). The molecule has 1 aliphatic rings. The van der Waals surface area contributed by atoms with E-state index in [4.69, 9.17) is 0 Å². The summed E-state index contributed by atoms with van der Waals surface area (Å²) in [5.74, 6) is -0.836. The van der Waals surface area contributed by atoms with Crippen molar-refractivity contribution in [2.45, 2.75) is 25.9 Å². The second-order valence-corrected chi connectivity index (χ2v) is 6.31. The highest BCUT2D eigenvalue weighted by atomic mass is 16.3. The lowest BCUT2D eigenvalue weighted by Gasteiger charge is -2.14. The van der Waals surface area contributed by atoms with Crippen LogP contribution in [0.2, 0.25) is 0 Å². The molecule has 1 aliphatic heterocycles. The normalized spacial score (nSPS) is 15.5. The van der Waals surface area contributed by atoms with Crippen LogP contribution in [0.25, 0.3) is 10.9 Å². The van der Waals surface area contributed by atoms with E-state index in [-0.39, 0.29) is 23.9 Å². The highest BCUT2D eigenvalue weighted by molar-refractivity contribution is 6.03. The van der Waals surface area contributed by atoms with Crippen molar-refractivity contribution < 1.29 is 9.90 Å². The summed E-state index contributed by atoms with van der Waals surface area (Å²) in [5, 5.41) is 13.8. The molecular weight excluding hydrogens is 318 g/mol. The summed E-state index contributed by atoms with van der Waals surface area (Å²) in [6.45, 7) is 2.17. The summed E-state index contributed by atoms with van der Waals surface area (Å²) in [6.07, 6.45) is 4.00. The van der Waals surface area contributed by atoms with Gasteiger partial charge < -0.3 is 15.0 Å². The molecule has 126 valence electrons. The topological polar surface area (TPSA) is 84.2 Å². The van der Waals surface area contributed by atoms with Gasteiger partial charge in [-0.2, -0.15) is 0 Å². The zero-order valence-corrected chi connectivity index (χ0v) is 13.7. The van der Waals surface area contributed by atoms with E-state index in [9.17, 15) is 14.7 Å². The highest BCUT2D eigenvalue weighted by Crippen LogP contribution is 2.35. The lowest BCUT2D eigenvalue weighted by atomic mass is 10.1. The van der Waals surface area contributed by atoms with Gasteiger partial charge in [0.05, 0.1) is 5.52 Å². The molecule has 1 unspecified atom stereocenters. The average Bonchev–Trinajstić information content (AvgIpc) is 2.96. The number of carbonyl (C=O) groups is 1. The van der Waals surface area contributed by atoms with Gasteiger partial charge in [-0.25, -0.2) is 0 Å². The fraction of sp³-hybridized carbons (Fsp3) is 0.211. The maximum Gasteiger partial charge on any atom is 0.267 e. The Bertz CT molecular complexity index is 1040.